The number of esters is 1. The van der Waals surface area contributed by atoms with Crippen LogP contribution in [0.5, 0.6) is 5.75 Å². The van der Waals surface area contributed by atoms with Gasteiger partial charge in [0.2, 0.25) is 0 Å². The fourth-order valence-electron chi connectivity index (χ4n) is 2.53. The maximum Gasteiger partial charge on any atom is 0.328 e. The summed E-state index contributed by atoms with van der Waals surface area (Å²) in [7, 11) is 1.31. The number of methoxy groups -OCH3 is 1. The molecule has 0 spiro atoms. The molecule has 0 aliphatic carbocycles. The van der Waals surface area contributed by atoms with E-state index in [0.29, 0.717) is 5.75 Å². The van der Waals surface area contributed by atoms with Crippen molar-refractivity contribution >= 4 is 11.9 Å². The second-order valence-electron chi connectivity index (χ2n) is 6.13. The Hall–Kier alpha value is -2.82. The Kier molecular flexibility index (Phi) is 7.21. The molecule has 2 aromatic rings. The van der Waals surface area contributed by atoms with Crippen molar-refractivity contribution in [2.24, 2.45) is 5.92 Å². The summed E-state index contributed by atoms with van der Waals surface area (Å²) in [6.45, 7) is 3.69. The van der Waals surface area contributed by atoms with E-state index in [1.54, 1.807) is 0 Å². The standard InChI is InChI=1S/C21H25NO4/c1-4-15(2)20(21(24)25-3)22-19(23)14-26-18-12-10-17(11-13-18)16-8-6-5-7-9-16/h5-13,15,20H,4,14H2,1-3H3,(H,22,23)/t15-,20+/m0/s1. The summed E-state index contributed by atoms with van der Waals surface area (Å²) in [5, 5.41) is 2.69. The second-order valence-corrected chi connectivity index (χ2v) is 6.13. The van der Waals surface area contributed by atoms with Crippen molar-refractivity contribution in [3.05, 3.63) is 54.6 Å². The van der Waals surface area contributed by atoms with Gasteiger partial charge in [0.1, 0.15) is 11.8 Å². The molecule has 0 unspecified atom stereocenters. The summed E-state index contributed by atoms with van der Waals surface area (Å²) in [4.78, 5) is 23.9. The van der Waals surface area contributed by atoms with Gasteiger partial charge in [-0.1, -0.05) is 62.7 Å². The fraction of sp³-hybridized carbons (Fsp3) is 0.333. The molecule has 0 saturated carbocycles. The SMILES string of the molecule is CC[C@H](C)[C@@H](NC(=O)COc1ccc(-c2ccccc2)cc1)C(=O)OC. The van der Waals surface area contributed by atoms with E-state index in [1.807, 2.05) is 68.4 Å². The van der Waals surface area contributed by atoms with Gasteiger partial charge in [-0.15, -0.1) is 0 Å². The molecule has 26 heavy (non-hydrogen) atoms. The van der Waals surface area contributed by atoms with Crippen molar-refractivity contribution in [1.82, 2.24) is 5.32 Å². The summed E-state index contributed by atoms with van der Waals surface area (Å²) in [5.74, 6) is -0.220. The summed E-state index contributed by atoms with van der Waals surface area (Å²) in [6.07, 6.45) is 0.752. The zero-order chi connectivity index (χ0) is 18.9. The third kappa shape index (κ3) is 5.34. The van der Waals surface area contributed by atoms with E-state index in [4.69, 9.17) is 9.47 Å². The second kappa shape index (κ2) is 9.61. The Morgan fingerprint density at radius 3 is 2.19 bits per heavy atom. The van der Waals surface area contributed by atoms with E-state index in [-0.39, 0.29) is 18.4 Å². The van der Waals surface area contributed by atoms with Gasteiger partial charge in [0, 0.05) is 0 Å². The molecule has 1 amide bonds. The predicted molar refractivity (Wildman–Crippen MR) is 101 cm³/mol. The van der Waals surface area contributed by atoms with E-state index in [1.165, 1.54) is 7.11 Å². The highest BCUT2D eigenvalue weighted by Gasteiger charge is 2.26. The Morgan fingerprint density at radius 2 is 1.62 bits per heavy atom. The van der Waals surface area contributed by atoms with E-state index in [2.05, 4.69) is 5.32 Å². The minimum absolute atomic E-state index is 0.0171. The molecule has 5 nitrogen and oxygen atoms in total. The molecule has 2 rings (SSSR count). The van der Waals surface area contributed by atoms with Crippen molar-refractivity contribution in [2.75, 3.05) is 13.7 Å². The first-order valence-corrected chi connectivity index (χ1v) is 8.70. The summed E-state index contributed by atoms with van der Waals surface area (Å²) in [6, 6.07) is 16.9. The molecule has 0 fully saturated rings. The number of carbonyl (C=O) groups is 2. The molecular weight excluding hydrogens is 330 g/mol. The van der Waals surface area contributed by atoms with Crippen molar-refractivity contribution in [3.63, 3.8) is 0 Å². The lowest BCUT2D eigenvalue weighted by atomic mass is 9.99. The van der Waals surface area contributed by atoms with Gasteiger partial charge < -0.3 is 14.8 Å². The smallest absolute Gasteiger partial charge is 0.328 e. The molecular formula is C21H25NO4. The quantitative estimate of drug-likeness (QED) is 0.737. The van der Waals surface area contributed by atoms with Crippen LogP contribution in [0.15, 0.2) is 54.6 Å². The Labute approximate surface area is 154 Å². The van der Waals surface area contributed by atoms with Gasteiger partial charge in [-0.2, -0.15) is 0 Å². The Balaban J connectivity index is 1.91. The van der Waals surface area contributed by atoms with Crippen LogP contribution in [0, 0.1) is 5.92 Å². The van der Waals surface area contributed by atoms with Crippen molar-refractivity contribution < 1.29 is 19.1 Å². The van der Waals surface area contributed by atoms with Gasteiger partial charge in [0.05, 0.1) is 7.11 Å². The van der Waals surface area contributed by atoms with Crippen molar-refractivity contribution in [1.29, 1.82) is 0 Å². The highest BCUT2D eigenvalue weighted by atomic mass is 16.5. The van der Waals surface area contributed by atoms with Gasteiger partial charge in [-0.3, -0.25) is 4.79 Å². The van der Waals surface area contributed by atoms with Gasteiger partial charge >= 0.3 is 5.97 Å². The average molecular weight is 355 g/mol. The number of ether oxygens (including phenoxy) is 2. The van der Waals surface area contributed by atoms with Gasteiger partial charge in [0.15, 0.2) is 6.61 Å². The highest BCUT2D eigenvalue weighted by molar-refractivity contribution is 5.85. The fourth-order valence-corrected chi connectivity index (χ4v) is 2.53. The van der Waals surface area contributed by atoms with Crippen LogP contribution in [-0.2, 0) is 14.3 Å². The molecule has 5 heteroatoms. The predicted octanol–water partition coefficient (Wildman–Crippen LogP) is 3.44. The molecule has 0 heterocycles. The molecule has 0 radical (unpaired) electrons. The van der Waals surface area contributed by atoms with Crippen LogP contribution in [0.4, 0.5) is 0 Å². The van der Waals surface area contributed by atoms with Crippen molar-refractivity contribution in [3.8, 4) is 16.9 Å². The normalized spacial score (nSPS) is 12.7. The monoisotopic (exact) mass is 355 g/mol. The van der Waals surface area contributed by atoms with Gasteiger partial charge in [-0.05, 0) is 29.2 Å². The Bertz CT molecular complexity index is 713. The summed E-state index contributed by atoms with van der Waals surface area (Å²) >= 11 is 0. The zero-order valence-corrected chi connectivity index (χ0v) is 15.4. The van der Waals surface area contributed by atoms with Crippen LogP contribution in [0.3, 0.4) is 0 Å². The number of rotatable bonds is 8. The van der Waals surface area contributed by atoms with Crippen LogP contribution in [0.25, 0.3) is 11.1 Å². The molecule has 0 saturated heterocycles. The summed E-state index contributed by atoms with van der Waals surface area (Å²) < 4.78 is 10.3. The van der Waals surface area contributed by atoms with Crippen LogP contribution in [0.1, 0.15) is 20.3 Å². The lowest BCUT2D eigenvalue weighted by molar-refractivity contribution is -0.146. The molecule has 0 aromatic heterocycles. The van der Waals surface area contributed by atoms with E-state index >= 15 is 0 Å². The zero-order valence-electron chi connectivity index (χ0n) is 15.4. The third-order valence-corrected chi connectivity index (χ3v) is 4.32. The third-order valence-electron chi connectivity index (χ3n) is 4.32. The number of nitrogens with one attached hydrogen (secondary N) is 1. The van der Waals surface area contributed by atoms with E-state index < -0.39 is 12.0 Å². The van der Waals surface area contributed by atoms with Crippen LogP contribution in [-0.4, -0.2) is 31.6 Å². The van der Waals surface area contributed by atoms with Gasteiger partial charge in [0.25, 0.3) is 5.91 Å². The van der Waals surface area contributed by atoms with Crippen molar-refractivity contribution in [2.45, 2.75) is 26.3 Å². The first kappa shape index (κ1) is 19.5. The van der Waals surface area contributed by atoms with E-state index in [0.717, 1.165) is 17.5 Å². The number of carbonyl (C=O) groups excluding carboxylic acids is 2. The molecule has 2 atom stereocenters. The van der Waals surface area contributed by atoms with Crippen LogP contribution < -0.4 is 10.1 Å². The number of hydrogen-bond acceptors (Lipinski definition) is 4. The molecule has 0 aliphatic rings. The number of benzene rings is 2. The Morgan fingerprint density at radius 1 is 1.00 bits per heavy atom. The van der Waals surface area contributed by atoms with Crippen LogP contribution >= 0.6 is 0 Å². The number of amides is 1. The van der Waals surface area contributed by atoms with Gasteiger partial charge in [-0.25, -0.2) is 4.79 Å². The summed E-state index contributed by atoms with van der Waals surface area (Å²) in [5.41, 5.74) is 2.19. The highest BCUT2D eigenvalue weighted by Crippen LogP contribution is 2.22. The molecule has 0 bridgehead atoms. The van der Waals surface area contributed by atoms with Crippen LogP contribution in [0.2, 0.25) is 0 Å². The minimum atomic E-state index is -0.665. The average Bonchev–Trinajstić information content (AvgIpc) is 2.70. The first-order valence-electron chi connectivity index (χ1n) is 8.70. The number of hydrogen-bond donors (Lipinski definition) is 1. The molecule has 1 N–H and O–H groups in total. The maximum absolute atomic E-state index is 12.1. The first-order chi connectivity index (χ1) is 12.5. The lowest BCUT2D eigenvalue weighted by Gasteiger charge is -2.21. The molecule has 138 valence electrons. The molecule has 2 aromatic carbocycles. The maximum atomic E-state index is 12.1. The minimum Gasteiger partial charge on any atom is -0.484 e. The van der Waals surface area contributed by atoms with E-state index in [9.17, 15) is 9.59 Å². The topological polar surface area (TPSA) is 64.6 Å². The molecule has 0 aliphatic heterocycles. The lowest BCUT2D eigenvalue weighted by Crippen LogP contribution is -2.47. The largest absolute Gasteiger partial charge is 0.484 e.